The average Bonchev–Trinajstić information content (AvgIpc) is 3.38. The third-order valence-corrected chi connectivity index (χ3v) is 6.49. The maximum atomic E-state index is 13.5. The van der Waals surface area contributed by atoms with Crippen LogP contribution in [0.1, 0.15) is 40.6 Å². The summed E-state index contributed by atoms with van der Waals surface area (Å²) < 4.78 is 17.4. The summed E-state index contributed by atoms with van der Waals surface area (Å²) in [7, 11) is 1.45. The van der Waals surface area contributed by atoms with Crippen molar-refractivity contribution in [2.24, 2.45) is 0 Å². The van der Waals surface area contributed by atoms with Gasteiger partial charge in [0.2, 0.25) is 5.76 Å². The number of aromatic hydroxyl groups is 1. The lowest BCUT2D eigenvalue weighted by Crippen LogP contribution is -2.36. The number of nitrogens with zero attached hydrogens (tertiary/aromatic N) is 1. The normalized spacial score (nSPS) is 20.5. The third kappa shape index (κ3) is 3.21. The molecule has 2 atom stereocenters. The maximum absolute atomic E-state index is 13.5. The maximum Gasteiger partial charge on any atom is 0.291 e. The predicted molar refractivity (Wildman–Crippen MR) is 117 cm³/mol. The summed E-state index contributed by atoms with van der Waals surface area (Å²) in [4.78, 5) is 28.5. The SMILES string of the molecule is COc1cc(C2c3c(oc4ccccc4c3=O)C(=O)N2CC2CCCO2)cc(Br)c1O. The zero-order valence-electron chi connectivity index (χ0n) is 16.8. The Balaban J connectivity index is 1.73. The monoisotopic (exact) mass is 485 g/mol. The van der Waals surface area contributed by atoms with Crippen LogP contribution in [0.4, 0.5) is 0 Å². The number of para-hydroxylation sites is 1. The molecule has 1 amide bonds. The highest BCUT2D eigenvalue weighted by Crippen LogP contribution is 2.43. The molecular formula is C23H20BrNO6. The lowest BCUT2D eigenvalue weighted by atomic mass is 9.98. The molecule has 1 saturated heterocycles. The first-order valence-corrected chi connectivity index (χ1v) is 10.8. The van der Waals surface area contributed by atoms with Gasteiger partial charge in [0, 0.05) is 13.2 Å². The van der Waals surface area contributed by atoms with Crippen LogP contribution in [0.15, 0.2) is 50.1 Å². The van der Waals surface area contributed by atoms with Crippen molar-refractivity contribution in [3.8, 4) is 11.5 Å². The van der Waals surface area contributed by atoms with E-state index in [4.69, 9.17) is 13.9 Å². The van der Waals surface area contributed by atoms with Gasteiger partial charge in [-0.25, -0.2) is 0 Å². The lowest BCUT2D eigenvalue weighted by molar-refractivity contribution is 0.0486. The van der Waals surface area contributed by atoms with Crippen molar-refractivity contribution in [1.82, 2.24) is 4.90 Å². The Bertz CT molecular complexity index is 1250. The van der Waals surface area contributed by atoms with E-state index in [9.17, 15) is 14.7 Å². The van der Waals surface area contributed by atoms with E-state index in [1.807, 2.05) is 0 Å². The van der Waals surface area contributed by atoms with Gasteiger partial charge in [-0.2, -0.15) is 0 Å². The fourth-order valence-electron chi connectivity index (χ4n) is 4.42. The molecule has 0 spiro atoms. The second-order valence-electron chi connectivity index (χ2n) is 7.72. The van der Waals surface area contributed by atoms with Gasteiger partial charge in [0.1, 0.15) is 5.58 Å². The summed E-state index contributed by atoms with van der Waals surface area (Å²) in [6.07, 6.45) is 1.68. The van der Waals surface area contributed by atoms with Crippen LogP contribution in [0.25, 0.3) is 11.0 Å². The highest BCUT2D eigenvalue weighted by Gasteiger charge is 2.44. The number of phenolic OH excluding ortho intramolecular Hbond substituents is 1. The molecule has 1 N–H and O–H groups in total. The molecule has 0 radical (unpaired) electrons. The summed E-state index contributed by atoms with van der Waals surface area (Å²) in [6, 6.07) is 9.56. The van der Waals surface area contributed by atoms with Gasteiger partial charge in [0.15, 0.2) is 16.9 Å². The summed E-state index contributed by atoms with van der Waals surface area (Å²) in [5.74, 6) is -0.101. The number of fused-ring (bicyclic) bond motifs is 2. The number of hydrogen-bond donors (Lipinski definition) is 1. The Hall–Kier alpha value is -2.84. The summed E-state index contributed by atoms with van der Waals surface area (Å²) in [6.45, 7) is 0.994. The van der Waals surface area contributed by atoms with Crippen molar-refractivity contribution in [1.29, 1.82) is 0 Å². The molecule has 0 bridgehead atoms. The van der Waals surface area contributed by atoms with Crippen molar-refractivity contribution in [2.45, 2.75) is 25.0 Å². The van der Waals surface area contributed by atoms with Crippen molar-refractivity contribution < 1.29 is 23.8 Å². The second-order valence-corrected chi connectivity index (χ2v) is 8.57. The number of ether oxygens (including phenoxy) is 2. The Morgan fingerprint density at radius 1 is 1.26 bits per heavy atom. The molecule has 0 saturated carbocycles. The van der Waals surface area contributed by atoms with Gasteiger partial charge < -0.3 is 23.9 Å². The molecule has 1 aromatic heterocycles. The van der Waals surface area contributed by atoms with Crippen LogP contribution in [-0.4, -0.2) is 42.3 Å². The van der Waals surface area contributed by atoms with Crippen molar-refractivity contribution >= 4 is 32.8 Å². The minimum absolute atomic E-state index is 0.0491. The number of phenols is 1. The zero-order chi connectivity index (χ0) is 21.7. The molecule has 5 rings (SSSR count). The third-order valence-electron chi connectivity index (χ3n) is 5.88. The summed E-state index contributed by atoms with van der Waals surface area (Å²) in [5, 5.41) is 10.7. The van der Waals surface area contributed by atoms with E-state index in [0.717, 1.165) is 12.8 Å². The van der Waals surface area contributed by atoms with Gasteiger partial charge in [0.05, 0.1) is 34.7 Å². The molecule has 2 aliphatic rings. The van der Waals surface area contributed by atoms with Crippen LogP contribution in [-0.2, 0) is 4.74 Å². The Labute approximate surface area is 186 Å². The van der Waals surface area contributed by atoms with Crippen molar-refractivity contribution in [2.75, 3.05) is 20.3 Å². The minimum atomic E-state index is -0.682. The van der Waals surface area contributed by atoms with Crippen LogP contribution < -0.4 is 10.2 Å². The van der Waals surface area contributed by atoms with Crippen molar-refractivity contribution in [3.05, 3.63) is 68.0 Å². The summed E-state index contributed by atoms with van der Waals surface area (Å²) >= 11 is 3.35. The van der Waals surface area contributed by atoms with E-state index in [1.54, 1.807) is 41.3 Å². The van der Waals surface area contributed by atoms with Crippen LogP contribution in [0.2, 0.25) is 0 Å². The zero-order valence-corrected chi connectivity index (χ0v) is 18.3. The first kappa shape index (κ1) is 20.1. The number of methoxy groups -OCH3 is 1. The average molecular weight is 486 g/mol. The van der Waals surface area contributed by atoms with Crippen LogP contribution in [0, 0.1) is 0 Å². The molecule has 8 heteroatoms. The van der Waals surface area contributed by atoms with Gasteiger partial charge in [-0.1, -0.05) is 12.1 Å². The molecule has 0 aliphatic carbocycles. The van der Waals surface area contributed by atoms with E-state index >= 15 is 0 Å². The fourth-order valence-corrected chi connectivity index (χ4v) is 4.88. The van der Waals surface area contributed by atoms with Gasteiger partial charge in [-0.05, 0) is 58.6 Å². The fraction of sp³-hybridized carbons (Fsp3) is 0.304. The molecular weight excluding hydrogens is 466 g/mol. The van der Waals surface area contributed by atoms with E-state index < -0.39 is 6.04 Å². The molecule has 160 valence electrons. The Morgan fingerprint density at radius 3 is 2.81 bits per heavy atom. The van der Waals surface area contributed by atoms with E-state index in [1.165, 1.54) is 7.11 Å². The smallest absolute Gasteiger partial charge is 0.291 e. The highest BCUT2D eigenvalue weighted by atomic mass is 79.9. The Kier molecular flexibility index (Phi) is 4.98. The largest absolute Gasteiger partial charge is 0.503 e. The number of halogens is 1. The predicted octanol–water partition coefficient (Wildman–Crippen LogP) is 3.99. The highest BCUT2D eigenvalue weighted by molar-refractivity contribution is 9.10. The quantitative estimate of drug-likeness (QED) is 0.600. The van der Waals surface area contributed by atoms with Gasteiger partial charge in [-0.3, -0.25) is 9.59 Å². The van der Waals surface area contributed by atoms with Gasteiger partial charge in [-0.15, -0.1) is 0 Å². The van der Waals surface area contributed by atoms with Crippen molar-refractivity contribution in [3.63, 3.8) is 0 Å². The van der Waals surface area contributed by atoms with Crippen LogP contribution in [0.3, 0.4) is 0 Å². The number of amides is 1. The number of carbonyl (C=O) groups is 1. The minimum Gasteiger partial charge on any atom is -0.503 e. The Morgan fingerprint density at radius 2 is 2.06 bits per heavy atom. The summed E-state index contributed by atoms with van der Waals surface area (Å²) in [5.41, 5.74) is 1.06. The first-order chi connectivity index (χ1) is 15.0. The molecule has 31 heavy (non-hydrogen) atoms. The number of benzene rings is 2. The topological polar surface area (TPSA) is 89.2 Å². The van der Waals surface area contributed by atoms with E-state index in [2.05, 4.69) is 15.9 Å². The van der Waals surface area contributed by atoms with Gasteiger partial charge >= 0.3 is 0 Å². The standard InChI is InChI=1S/C23H20BrNO6/c1-29-17-10-12(9-15(24)21(17)27)19-18-20(26)14-6-2-3-7-16(14)31-22(18)23(28)25(19)11-13-5-4-8-30-13/h2-3,6-7,9-10,13,19,27H,4-5,8,11H2,1H3. The number of rotatable bonds is 4. The van der Waals surface area contributed by atoms with Crippen LogP contribution in [0.5, 0.6) is 11.5 Å². The molecule has 2 aliphatic heterocycles. The number of hydrogen-bond acceptors (Lipinski definition) is 6. The molecule has 1 fully saturated rings. The lowest BCUT2D eigenvalue weighted by Gasteiger charge is -2.28. The molecule has 2 aromatic carbocycles. The number of carbonyl (C=O) groups excluding carboxylic acids is 1. The van der Waals surface area contributed by atoms with Gasteiger partial charge in [0.25, 0.3) is 5.91 Å². The first-order valence-electron chi connectivity index (χ1n) is 10.0. The second kappa shape index (κ2) is 7.69. The molecule has 3 aromatic rings. The molecule has 7 nitrogen and oxygen atoms in total. The molecule has 3 heterocycles. The van der Waals surface area contributed by atoms with Crippen LogP contribution >= 0.6 is 15.9 Å². The molecule has 2 unspecified atom stereocenters. The van der Waals surface area contributed by atoms with E-state index in [0.29, 0.717) is 39.7 Å². The van der Waals surface area contributed by atoms with E-state index in [-0.39, 0.29) is 34.7 Å².